The number of aryl methyl sites for hydroxylation is 2. The van der Waals surface area contributed by atoms with Crippen molar-refractivity contribution in [1.29, 1.82) is 0 Å². The van der Waals surface area contributed by atoms with Gasteiger partial charge in [0.15, 0.2) is 0 Å². The average molecular weight is 520 g/mol. The lowest BCUT2D eigenvalue weighted by Crippen LogP contribution is -2.46. The maximum Gasteiger partial charge on any atom is 0.331 e. The SMILES string of the molecule is Cc1ccc2c(c1)c(=O)n(C1CCN(CC(=O)Nc3c(Cl)cc([N+](=O)[O-])cc3Cl)CC1)c(=O)n2C. The third kappa shape index (κ3) is 4.95. The summed E-state index contributed by atoms with van der Waals surface area (Å²) in [5.41, 5.74) is 0.717. The number of carbonyl (C=O) groups excluding carboxylic acids is 1. The minimum absolute atomic E-state index is 0.0296. The number of non-ortho nitro benzene ring substituents is 1. The van der Waals surface area contributed by atoms with Gasteiger partial charge >= 0.3 is 5.69 Å². The quantitative estimate of drug-likeness (QED) is 0.406. The number of fused-ring (bicyclic) bond motifs is 1. The molecule has 1 aromatic heterocycles. The van der Waals surface area contributed by atoms with Crippen molar-refractivity contribution < 1.29 is 9.72 Å². The van der Waals surface area contributed by atoms with E-state index in [1.807, 2.05) is 17.9 Å². The van der Waals surface area contributed by atoms with E-state index in [4.69, 9.17) is 23.2 Å². The molecular weight excluding hydrogens is 497 g/mol. The molecule has 1 fully saturated rings. The highest BCUT2D eigenvalue weighted by Crippen LogP contribution is 2.34. The summed E-state index contributed by atoms with van der Waals surface area (Å²) in [5, 5.41) is 14.0. The van der Waals surface area contributed by atoms with Crippen LogP contribution in [0.15, 0.2) is 39.9 Å². The second kappa shape index (κ2) is 9.80. The van der Waals surface area contributed by atoms with Crippen molar-refractivity contribution >= 4 is 51.4 Å². The zero-order chi connectivity index (χ0) is 25.4. The van der Waals surface area contributed by atoms with Crippen LogP contribution in [0.1, 0.15) is 24.4 Å². The molecule has 1 N–H and O–H groups in total. The highest BCUT2D eigenvalue weighted by atomic mass is 35.5. The molecule has 35 heavy (non-hydrogen) atoms. The van der Waals surface area contributed by atoms with E-state index in [1.54, 1.807) is 19.2 Å². The van der Waals surface area contributed by atoms with Gasteiger partial charge in [-0.2, -0.15) is 0 Å². The Bertz CT molecular complexity index is 1430. The molecule has 1 saturated heterocycles. The lowest BCUT2D eigenvalue weighted by Gasteiger charge is -2.32. The predicted molar refractivity (Wildman–Crippen MR) is 135 cm³/mol. The van der Waals surface area contributed by atoms with Crippen LogP contribution >= 0.6 is 23.2 Å². The Morgan fingerprint density at radius 1 is 1.14 bits per heavy atom. The number of nitrogens with zero attached hydrogens (tertiary/aromatic N) is 4. The number of anilines is 1. The largest absolute Gasteiger partial charge is 0.331 e. The Morgan fingerprint density at radius 3 is 2.37 bits per heavy atom. The highest BCUT2D eigenvalue weighted by molar-refractivity contribution is 6.40. The molecule has 0 aliphatic carbocycles. The summed E-state index contributed by atoms with van der Waals surface area (Å²) in [6.45, 7) is 2.94. The van der Waals surface area contributed by atoms with E-state index in [0.29, 0.717) is 36.8 Å². The van der Waals surface area contributed by atoms with Crippen LogP contribution in [0.4, 0.5) is 11.4 Å². The monoisotopic (exact) mass is 519 g/mol. The summed E-state index contributed by atoms with van der Waals surface area (Å²) in [6.07, 6.45) is 1.05. The molecule has 1 aliphatic heterocycles. The van der Waals surface area contributed by atoms with Crippen molar-refractivity contribution in [2.45, 2.75) is 25.8 Å². The van der Waals surface area contributed by atoms with Crippen molar-refractivity contribution in [3.63, 3.8) is 0 Å². The molecule has 0 atom stereocenters. The smallest absolute Gasteiger partial charge is 0.322 e. The molecule has 1 aliphatic rings. The number of likely N-dealkylation sites (tertiary alicyclic amines) is 1. The zero-order valence-corrected chi connectivity index (χ0v) is 20.6. The van der Waals surface area contributed by atoms with Crippen LogP contribution < -0.4 is 16.6 Å². The molecule has 2 aromatic carbocycles. The summed E-state index contributed by atoms with van der Waals surface area (Å²) in [7, 11) is 1.66. The van der Waals surface area contributed by atoms with Crippen molar-refractivity contribution in [3.8, 4) is 0 Å². The predicted octanol–water partition coefficient (Wildman–Crippen LogP) is 3.50. The van der Waals surface area contributed by atoms with Gasteiger partial charge in [0.1, 0.15) is 0 Å². The van der Waals surface area contributed by atoms with Gasteiger partial charge in [-0.15, -0.1) is 0 Å². The fourth-order valence-corrected chi connectivity index (χ4v) is 4.99. The van der Waals surface area contributed by atoms with Crippen molar-refractivity contribution in [3.05, 3.63) is 76.9 Å². The Morgan fingerprint density at radius 2 is 1.77 bits per heavy atom. The summed E-state index contributed by atoms with van der Waals surface area (Å²) >= 11 is 12.1. The molecule has 0 bridgehead atoms. The standard InChI is InChI=1S/C23H23Cl2N5O5/c1-13-3-4-19-16(9-13)22(32)29(23(33)27(19)2)14-5-7-28(8-6-14)12-20(31)26-21-17(24)10-15(30(34)35)11-18(21)25/h3-4,9-11,14H,5-8,12H2,1-2H3,(H,26,31). The van der Waals surface area contributed by atoms with Crippen LogP contribution in [0.3, 0.4) is 0 Å². The lowest BCUT2D eigenvalue weighted by molar-refractivity contribution is -0.384. The molecule has 3 aromatic rings. The van der Waals surface area contributed by atoms with E-state index in [-0.39, 0.29) is 51.2 Å². The Balaban J connectivity index is 1.45. The lowest BCUT2D eigenvalue weighted by atomic mass is 10.0. The van der Waals surface area contributed by atoms with E-state index in [9.17, 15) is 24.5 Å². The van der Waals surface area contributed by atoms with Gasteiger partial charge in [-0.1, -0.05) is 34.8 Å². The first kappa shape index (κ1) is 24.9. The molecule has 10 nitrogen and oxygen atoms in total. The van der Waals surface area contributed by atoms with E-state index >= 15 is 0 Å². The summed E-state index contributed by atoms with van der Waals surface area (Å²) in [6, 6.07) is 7.41. The van der Waals surface area contributed by atoms with Gasteiger partial charge in [-0.3, -0.25) is 33.7 Å². The maximum atomic E-state index is 13.2. The first-order valence-electron chi connectivity index (χ1n) is 10.9. The Hall–Kier alpha value is -3.21. The number of nitro benzene ring substituents is 1. The summed E-state index contributed by atoms with van der Waals surface area (Å²) in [4.78, 5) is 50.9. The number of aromatic nitrogens is 2. The number of nitro groups is 1. The van der Waals surface area contributed by atoms with Crippen LogP contribution in [-0.2, 0) is 11.8 Å². The molecule has 184 valence electrons. The number of hydrogen-bond donors (Lipinski definition) is 1. The van der Waals surface area contributed by atoms with Crippen LogP contribution in [0.2, 0.25) is 10.0 Å². The molecule has 2 heterocycles. The molecule has 0 spiro atoms. The maximum absolute atomic E-state index is 13.2. The molecule has 4 rings (SSSR count). The minimum atomic E-state index is -0.622. The van der Waals surface area contributed by atoms with Gasteiger partial charge in [-0.25, -0.2) is 4.79 Å². The molecule has 0 saturated carbocycles. The van der Waals surface area contributed by atoms with Crippen molar-refractivity contribution in [1.82, 2.24) is 14.0 Å². The van der Waals surface area contributed by atoms with Gasteiger partial charge in [-0.05, 0) is 31.9 Å². The fraction of sp³-hybridized carbons (Fsp3) is 0.348. The van der Waals surface area contributed by atoms with Crippen LogP contribution in [0.25, 0.3) is 10.9 Å². The number of halogens is 2. The fourth-order valence-electron chi connectivity index (χ4n) is 4.42. The van der Waals surface area contributed by atoms with E-state index in [1.165, 1.54) is 9.13 Å². The Labute approximate surface area is 209 Å². The number of piperidine rings is 1. The molecule has 12 heteroatoms. The van der Waals surface area contributed by atoms with Crippen molar-refractivity contribution in [2.24, 2.45) is 7.05 Å². The average Bonchev–Trinajstić information content (AvgIpc) is 2.81. The number of amides is 1. The first-order valence-corrected chi connectivity index (χ1v) is 11.7. The third-order valence-corrected chi connectivity index (χ3v) is 6.84. The van der Waals surface area contributed by atoms with E-state index < -0.39 is 4.92 Å². The van der Waals surface area contributed by atoms with Gasteiger partial charge < -0.3 is 5.32 Å². The Kier molecular flexibility index (Phi) is 6.98. The zero-order valence-electron chi connectivity index (χ0n) is 19.1. The highest BCUT2D eigenvalue weighted by Gasteiger charge is 2.26. The van der Waals surface area contributed by atoms with Gasteiger partial charge in [0.2, 0.25) is 5.91 Å². The van der Waals surface area contributed by atoms with E-state index in [0.717, 1.165) is 17.7 Å². The second-order valence-corrected chi connectivity index (χ2v) is 9.45. The minimum Gasteiger partial charge on any atom is -0.322 e. The van der Waals surface area contributed by atoms with Gasteiger partial charge in [0.25, 0.3) is 11.2 Å². The summed E-state index contributed by atoms with van der Waals surface area (Å²) < 4.78 is 2.82. The van der Waals surface area contributed by atoms with Crippen LogP contribution in [-0.4, -0.2) is 44.5 Å². The third-order valence-electron chi connectivity index (χ3n) is 6.25. The molecule has 0 radical (unpaired) electrons. The van der Waals surface area contributed by atoms with Gasteiger partial charge in [0.05, 0.1) is 38.1 Å². The number of benzene rings is 2. The number of hydrogen-bond acceptors (Lipinski definition) is 6. The van der Waals surface area contributed by atoms with Crippen molar-refractivity contribution in [2.75, 3.05) is 25.0 Å². The molecule has 1 amide bonds. The van der Waals surface area contributed by atoms with Crippen LogP contribution in [0.5, 0.6) is 0 Å². The van der Waals surface area contributed by atoms with Crippen LogP contribution in [0, 0.1) is 17.0 Å². The number of nitrogens with one attached hydrogen (secondary N) is 1. The number of rotatable bonds is 5. The van der Waals surface area contributed by atoms with Gasteiger partial charge in [0, 0.05) is 38.3 Å². The molecular formula is C23H23Cl2N5O5. The first-order chi connectivity index (χ1) is 16.6. The van der Waals surface area contributed by atoms with E-state index in [2.05, 4.69) is 5.32 Å². The normalized spacial score (nSPS) is 14.9. The second-order valence-electron chi connectivity index (χ2n) is 8.63. The summed E-state index contributed by atoms with van der Waals surface area (Å²) in [5.74, 6) is -0.379. The molecule has 0 unspecified atom stereocenters. The topological polar surface area (TPSA) is 119 Å². The number of carbonyl (C=O) groups is 1.